The van der Waals surface area contributed by atoms with Crippen LogP contribution < -0.4 is 10.1 Å². The monoisotopic (exact) mass is 379 g/mol. The number of anilines is 1. The van der Waals surface area contributed by atoms with E-state index in [2.05, 4.69) is 5.32 Å². The van der Waals surface area contributed by atoms with Gasteiger partial charge in [-0.3, -0.25) is 4.79 Å². The zero-order chi connectivity index (χ0) is 20.2. The summed E-state index contributed by atoms with van der Waals surface area (Å²) >= 11 is 0. The second kappa shape index (κ2) is 7.94. The van der Waals surface area contributed by atoms with Gasteiger partial charge < -0.3 is 15.2 Å². The first-order valence-electron chi connectivity index (χ1n) is 7.70. The lowest BCUT2D eigenvalue weighted by Crippen LogP contribution is -2.15. The molecule has 0 aliphatic rings. The average molecular weight is 379 g/mol. The Hall–Kier alpha value is -3.29. The highest BCUT2D eigenvalue weighted by atomic mass is 19.4. The first kappa shape index (κ1) is 20.0. The molecule has 0 saturated carbocycles. The third-order valence-corrected chi connectivity index (χ3v) is 3.68. The SMILES string of the molecule is COc1ccc(NC(=O)/C(C)=C/c2ccc(C(F)(F)F)cc2)c(C(=O)O)c1. The Morgan fingerprint density at radius 2 is 1.74 bits per heavy atom. The van der Waals surface area contributed by atoms with Crippen molar-refractivity contribution in [2.24, 2.45) is 0 Å². The number of methoxy groups -OCH3 is 1. The molecule has 5 nitrogen and oxygen atoms in total. The maximum Gasteiger partial charge on any atom is 0.416 e. The van der Waals surface area contributed by atoms with Crippen molar-refractivity contribution >= 4 is 23.6 Å². The number of aromatic carboxylic acids is 1. The van der Waals surface area contributed by atoms with Crippen LogP contribution in [-0.4, -0.2) is 24.1 Å². The molecule has 8 heteroatoms. The van der Waals surface area contributed by atoms with Gasteiger partial charge in [-0.2, -0.15) is 13.2 Å². The number of nitrogens with one attached hydrogen (secondary N) is 1. The van der Waals surface area contributed by atoms with Crippen LogP contribution >= 0.6 is 0 Å². The van der Waals surface area contributed by atoms with Crippen molar-refractivity contribution in [2.45, 2.75) is 13.1 Å². The molecule has 1 amide bonds. The number of carboxylic acids is 1. The fourth-order valence-corrected chi connectivity index (χ4v) is 2.24. The summed E-state index contributed by atoms with van der Waals surface area (Å²) in [6, 6.07) is 8.49. The van der Waals surface area contributed by atoms with Crippen LogP contribution in [0.25, 0.3) is 6.08 Å². The van der Waals surface area contributed by atoms with E-state index in [4.69, 9.17) is 4.74 Å². The van der Waals surface area contributed by atoms with Crippen molar-refractivity contribution in [3.8, 4) is 5.75 Å². The maximum atomic E-state index is 12.6. The van der Waals surface area contributed by atoms with Crippen molar-refractivity contribution in [2.75, 3.05) is 12.4 Å². The number of carboxylic acid groups (broad SMARTS) is 1. The number of hydrogen-bond acceptors (Lipinski definition) is 3. The van der Waals surface area contributed by atoms with Crippen LogP contribution in [0, 0.1) is 0 Å². The fourth-order valence-electron chi connectivity index (χ4n) is 2.24. The van der Waals surface area contributed by atoms with Gasteiger partial charge in [0.05, 0.1) is 23.9 Å². The van der Waals surface area contributed by atoms with E-state index in [0.29, 0.717) is 11.3 Å². The molecule has 0 bridgehead atoms. The molecule has 0 aliphatic heterocycles. The molecule has 2 N–H and O–H groups in total. The Bertz CT molecular complexity index is 887. The highest BCUT2D eigenvalue weighted by Crippen LogP contribution is 2.29. The van der Waals surface area contributed by atoms with Crippen molar-refractivity contribution < 1.29 is 32.6 Å². The molecule has 142 valence electrons. The molecule has 27 heavy (non-hydrogen) atoms. The van der Waals surface area contributed by atoms with Crippen LogP contribution in [0.15, 0.2) is 48.0 Å². The van der Waals surface area contributed by atoms with Gasteiger partial charge >= 0.3 is 12.1 Å². The lowest BCUT2D eigenvalue weighted by atomic mass is 10.1. The minimum absolute atomic E-state index is 0.0773. The summed E-state index contributed by atoms with van der Waals surface area (Å²) < 4.78 is 42.7. The minimum Gasteiger partial charge on any atom is -0.497 e. The predicted octanol–water partition coefficient (Wildman–Crippen LogP) is 4.45. The zero-order valence-corrected chi connectivity index (χ0v) is 14.4. The molecule has 2 aromatic rings. The summed E-state index contributed by atoms with van der Waals surface area (Å²) in [4.78, 5) is 23.6. The van der Waals surface area contributed by atoms with Gasteiger partial charge in [-0.25, -0.2) is 4.79 Å². The summed E-state index contributed by atoms with van der Waals surface area (Å²) in [6.45, 7) is 1.47. The number of rotatable bonds is 5. The summed E-state index contributed by atoms with van der Waals surface area (Å²) in [6.07, 6.45) is -3.03. The molecular formula is C19H16F3NO4. The number of amides is 1. The first-order valence-corrected chi connectivity index (χ1v) is 7.70. The molecule has 0 aliphatic carbocycles. The van der Waals surface area contributed by atoms with Crippen molar-refractivity contribution in [3.05, 3.63) is 64.7 Å². The molecular weight excluding hydrogens is 363 g/mol. The second-order valence-electron chi connectivity index (χ2n) is 5.62. The average Bonchev–Trinajstić information content (AvgIpc) is 2.61. The van der Waals surface area contributed by atoms with Gasteiger partial charge in [0.1, 0.15) is 5.75 Å². The summed E-state index contributed by atoms with van der Waals surface area (Å²) in [7, 11) is 1.39. The molecule has 0 saturated heterocycles. The topological polar surface area (TPSA) is 75.6 Å². The summed E-state index contributed by atoms with van der Waals surface area (Å²) in [5, 5.41) is 11.7. The van der Waals surface area contributed by atoms with Gasteiger partial charge in [0.2, 0.25) is 0 Å². The van der Waals surface area contributed by atoms with E-state index in [1.807, 2.05) is 0 Å². The number of hydrogen-bond donors (Lipinski definition) is 2. The smallest absolute Gasteiger partial charge is 0.416 e. The van der Waals surface area contributed by atoms with Gasteiger partial charge in [-0.15, -0.1) is 0 Å². The van der Waals surface area contributed by atoms with Crippen molar-refractivity contribution in [3.63, 3.8) is 0 Å². The van der Waals surface area contributed by atoms with E-state index < -0.39 is 23.6 Å². The minimum atomic E-state index is -4.43. The van der Waals surface area contributed by atoms with Gasteiger partial charge in [-0.1, -0.05) is 12.1 Å². The Balaban J connectivity index is 2.20. The van der Waals surface area contributed by atoms with E-state index in [9.17, 15) is 27.9 Å². The second-order valence-corrected chi connectivity index (χ2v) is 5.62. The number of alkyl halides is 3. The number of carbonyl (C=O) groups is 2. The molecule has 2 rings (SSSR count). The lowest BCUT2D eigenvalue weighted by Gasteiger charge is -2.10. The number of carbonyl (C=O) groups excluding carboxylic acids is 1. The largest absolute Gasteiger partial charge is 0.497 e. The summed E-state index contributed by atoms with van der Waals surface area (Å²) in [5.74, 6) is -1.50. The van der Waals surface area contributed by atoms with E-state index in [-0.39, 0.29) is 16.8 Å². The van der Waals surface area contributed by atoms with Gasteiger partial charge in [-0.05, 0) is 48.9 Å². The van der Waals surface area contributed by atoms with E-state index >= 15 is 0 Å². The molecule has 0 atom stereocenters. The van der Waals surface area contributed by atoms with Crippen LogP contribution in [0.4, 0.5) is 18.9 Å². The molecule has 0 unspecified atom stereocenters. The van der Waals surface area contributed by atoms with Crippen LogP contribution in [0.5, 0.6) is 5.75 Å². The van der Waals surface area contributed by atoms with Crippen LogP contribution in [0.2, 0.25) is 0 Å². The lowest BCUT2D eigenvalue weighted by molar-refractivity contribution is -0.137. The standard InChI is InChI=1S/C19H16F3NO4/c1-11(9-12-3-5-13(6-4-12)19(20,21)22)17(24)23-16-8-7-14(27-2)10-15(16)18(25)26/h3-10H,1-2H3,(H,23,24)(H,25,26)/b11-9+. The van der Waals surface area contributed by atoms with E-state index in [1.54, 1.807) is 0 Å². The van der Waals surface area contributed by atoms with Crippen molar-refractivity contribution in [1.82, 2.24) is 0 Å². The third-order valence-electron chi connectivity index (χ3n) is 3.68. The number of benzene rings is 2. The Kier molecular flexibility index (Phi) is 5.89. The van der Waals surface area contributed by atoms with Crippen LogP contribution in [0.1, 0.15) is 28.4 Å². The third kappa shape index (κ3) is 5.10. The number of ether oxygens (including phenoxy) is 1. The van der Waals surface area contributed by atoms with Crippen LogP contribution in [0.3, 0.4) is 0 Å². The highest BCUT2D eigenvalue weighted by Gasteiger charge is 2.29. The Labute approximate surface area is 153 Å². The van der Waals surface area contributed by atoms with Crippen molar-refractivity contribution in [1.29, 1.82) is 0 Å². The molecule has 0 spiro atoms. The summed E-state index contributed by atoms with van der Waals surface area (Å²) in [5.41, 5.74) is -0.254. The van der Waals surface area contributed by atoms with Gasteiger partial charge in [0.15, 0.2) is 0 Å². The molecule has 0 aromatic heterocycles. The molecule has 0 heterocycles. The number of halogens is 3. The Morgan fingerprint density at radius 3 is 2.26 bits per heavy atom. The fraction of sp³-hybridized carbons (Fsp3) is 0.158. The molecule has 0 radical (unpaired) electrons. The highest BCUT2D eigenvalue weighted by molar-refractivity contribution is 6.09. The zero-order valence-electron chi connectivity index (χ0n) is 14.4. The van der Waals surface area contributed by atoms with Gasteiger partial charge in [0.25, 0.3) is 5.91 Å². The normalized spacial score (nSPS) is 11.8. The quantitative estimate of drug-likeness (QED) is 0.753. The van der Waals surface area contributed by atoms with E-state index in [0.717, 1.165) is 12.1 Å². The Morgan fingerprint density at radius 1 is 1.11 bits per heavy atom. The van der Waals surface area contributed by atoms with E-state index in [1.165, 1.54) is 50.4 Å². The maximum absolute atomic E-state index is 12.6. The predicted molar refractivity (Wildman–Crippen MR) is 93.7 cm³/mol. The van der Waals surface area contributed by atoms with Crippen LogP contribution in [-0.2, 0) is 11.0 Å². The first-order chi connectivity index (χ1) is 12.6. The van der Waals surface area contributed by atoms with Gasteiger partial charge in [0, 0.05) is 5.57 Å². The molecule has 2 aromatic carbocycles. The molecule has 0 fully saturated rings.